The van der Waals surface area contributed by atoms with Crippen molar-refractivity contribution in [2.45, 2.75) is 34.1 Å². The van der Waals surface area contributed by atoms with E-state index in [2.05, 4.69) is 0 Å². The molecule has 3 nitrogen and oxygen atoms in total. The summed E-state index contributed by atoms with van der Waals surface area (Å²) in [5.41, 5.74) is 7.43. The van der Waals surface area contributed by atoms with Gasteiger partial charge in [0.1, 0.15) is 5.71 Å². The Bertz CT molecular complexity index is 321. The molecule has 0 aromatic rings. The first kappa shape index (κ1) is 14.5. The van der Waals surface area contributed by atoms with Crippen LogP contribution in [0.4, 0.5) is 0 Å². The van der Waals surface area contributed by atoms with Gasteiger partial charge in [-0.2, -0.15) is 0 Å². The summed E-state index contributed by atoms with van der Waals surface area (Å²) in [6.45, 7) is 8.17. The molecular weight excluding hydrogens is 200 g/mol. The molecule has 0 radical (unpaired) electrons. The van der Waals surface area contributed by atoms with E-state index in [1.807, 2.05) is 39.0 Å². The lowest BCUT2D eigenvalue weighted by atomic mass is 10.1. The second-order valence-corrected chi connectivity index (χ2v) is 3.48. The summed E-state index contributed by atoms with van der Waals surface area (Å²) >= 11 is 0. The first-order chi connectivity index (χ1) is 7.58. The minimum atomic E-state index is 0.342. The highest BCUT2D eigenvalue weighted by atomic mass is 16.5. The van der Waals surface area contributed by atoms with Gasteiger partial charge in [0.05, 0.1) is 6.61 Å². The van der Waals surface area contributed by atoms with Gasteiger partial charge in [-0.3, -0.25) is 5.41 Å². The Labute approximate surface area is 98.2 Å². The van der Waals surface area contributed by atoms with E-state index in [1.54, 1.807) is 6.92 Å². The van der Waals surface area contributed by atoms with Crippen molar-refractivity contribution in [1.82, 2.24) is 0 Å². The number of nitrogens with one attached hydrogen (secondary N) is 1. The first-order valence-electron chi connectivity index (χ1n) is 5.55. The fraction of sp³-hybridized carbons (Fsp3) is 0.462. The van der Waals surface area contributed by atoms with Crippen molar-refractivity contribution in [3.05, 3.63) is 35.3 Å². The zero-order valence-electron chi connectivity index (χ0n) is 10.6. The SMILES string of the molecule is C/C=C\C(=C/C)C(=N)/C(OCCC)=C(/C)N. The molecule has 0 fully saturated rings. The Morgan fingerprint density at radius 2 is 2.00 bits per heavy atom. The second-order valence-electron chi connectivity index (χ2n) is 3.48. The lowest BCUT2D eigenvalue weighted by molar-refractivity contribution is 0.228. The van der Waals surface area contributed by atoms with Crippen LogP contribution in [0.15, 0.2) is 35.3 Å². The van der Waals surface area contributed by atoms with E-state index < -0.39 is 0 Å². The second kappa shape index (κ2) is 7.74. The van der Waals surface area contributed by atoms with Crippen molar-refractivity contribution in [3.8, 4) is 0 Å². The number of allylic oxidation sites excluding steroid dienone is 5. The number of rotatable bonds is 6. The van der Waals surface area contributed by atoms with E-state index in [0.29, 0.717) is 23.8 Å². The highest BCUT2D eigenvalue weighted by Crippen LogP contribution is 2.12. The van der Waals surface area contributed by atoms with Crippen LogP contribution >= 0.6 is 0 Å². The van der Waals surface area contributed by atoms with Gasteiger partial charge in [-0.25, -0.2) is 0 Å². The van der Waals surface area contributed by atoms with Gasteiger partial charge in [0.25, 0.3) is 0 Å². The van der Waals surface area contributed by atoms with Crippen molar-refractivity contribution in [1.29, 1.82) is 5.41 Å². The van der Waals surface area contributed by atoms with Gasteiger partial charge in [-0.05, 0) is 32.8 Å². The summed E-state index contributed by atoms with van der Waals surface area (Å²) < 4.78 is 5.50. The maximum Gasteiger partial charge on any atom is 0.163 e. The molecule has 0 spiro atoms. The molecule has 0 rings (SSSR count). The highest BCUT2D eigenvalue weighted by Gasteiger charge is 2.11. The molecule has 0 aliphatic heterocycles. The summed E-state index contributed by atoms with van der Waals surface area (Å²) in [5.74, 6) is 0.480. The molecule has 0 aromatic heterocycles. The van der Waals surface area contributed by atoms with Crippen molar-refractivity contribution in [2.75, 3.05) is 6.61 Å². The van der Waals surface area contributed by atoms with E-state index in [9.17, 15) is 0 Å². The van der Waals surface area contributed by atoms with Crippen LogP contribution in [0.2, 0.25) is 0 Å². The molecule has 0 amide bonds. The molecule has 90 valence electrons. The third-order valence-corrected chi connectivity index (χ3v) is 1.98. The van der Waals surface area contributed by atoms with E-state index in [4.69, 9.17) is 15.9 Å². The van der Waals surface area contributed by atoms with Crippen molar-refractivity contribution < 1.29 is 4.74 Å². The molecule has 3 N–H and O–H groups in total. The summed E-state index contributed by atoms with van der Waals surface area (Å²) in [6, 6.07) is 0. The lowest BCUT2D eigenvalue weighted by Gasteiger charge is -2.13. The zero-order chi connectivity index (χ0) is 12.6. The monoisotopic (exact) mass is 222 g/mol. The van der Waals surface area contributed by atoms with Crippen molar-refractivity contribution in [2.24, 2.45) is 5.73 Å². The molecule has 0 atom stereocenters. The van der Waals surface area contributed by atoms with Crippen LogP contribution in [0.25, 0.3) is 0 Å². The molecule has 0 aliphatic rings. The van der Waals surface area contributed by atoms with E-state index in [0.717, 1.165) is 12.0 Å². The Morgan fingerprint density at radius 3 is 2.38 bits per heavy atom. The summed E-state index contributed by atoms with van der Waals surface area (Å²) in [5, 5.41) is 8.03. The topological polar surface area (TPSA) is 59.1 Å². The molecule has 0 bridgehead atoms. The van der Waals surface area contributed by atoms with Gasteiger partial charge >= 0.3 is 0 Å². The molecule has 0 unspecified atom stereocenters. The van der Waals surface area contributed by atoms with Crippen LogP contribution in [0.1, 0.15) is 34.1 Å². The van der Waals surface area contributed by atoms with Crippen LogP contribution in [-0.4, -0.2) is 12.3 Å². The first-order valence-corrected chi connectivity index (χ1v) is 5.55. The fourth-order valence-corrected chi connectivity index (χ4v) is 1.22. The summed E-state index contributed by atoms with van der Waals surface area (Å²) in [4.78, 5) is 0. The summed E-state index contributed by atoms with van der Waals surface area (Å²) in [7, 11) is 0. The third kappa shape index (κ3) is 4.34. The Hall–Kier alpha value is -1.51. The summed E-state index contributed by atoms with van der Waals surface area (Å²) in [6.07, 6.45) is 6.55. The zero-order valence-corrected chi connectivity index (χ0v) is 10.6. The molecule has 0 saturated carbocycles. The van der Waals surface area contributed by atoms with Gasteiger partial charge in [-0.15, -0.1) is 0 Å². The van der Waals surface area contributed by atoms with Gasteiger partial charge in [0.2, 0.25) is 0 Å². The van der Waals surface area contributed by atoms with Crippen LogP contribution in [-0.2, 0) is 4.74 Å². The lowest BCUT2D eigenvalue weighted by Crippen LogP contribution is -2.13. The Morgan fingerprint density at radius 1 is 1.38 bits per heavy atom. The van der Waals surface area contributed by atoms with Gasteiger partial charge in [0.15, 0.2) is 5.76 Å². The number of ether oxygens (including phenoxy) is 1. The predicted octanol–water partition coefficient (Wildman–Crippen LogP) is 3.15. The predicted molar refractivity (Wildman–Crippen MR) is 69.4 cm³/mol. The largest absolute Gasteiger partial charge is 0.490 e. The number of hydrogen-bond donors (Lipinski definition) is 2. The average molecular weight is 222 g/mol. The molecule has 0 aliphatic carbocycles. The van der Waals surface area contributed by atoms with Crippen LogP contribution in [0.3, 0.4) is 0 Å². The van der Waals surface area contributed by atoms with Crippen LogP contribution in [0.5, 0.6) is 0 Å². The van der Waals surface area contributed by atoms with Gasteiger partial charge < -0.3 is 10.5 Å². The molecular formula is C13H22N2O. The van der Waals surface area contributed by atoms with Crippen LogP contribution < -0.4 is 5.73 Å². The Balaban J connectivity index is 4.96. The molecule has 0 saturated heterocycles. The molecule has 0 heterocycles. The van der Waals surface area contributed by atoms with Gasteiger partial charge in [0, 0.05) is 5.70 Å². The fourth-order valence-electron chi connectivity index (χ4n) is 1.22. The van der Waals surface area contributed by atoms with E-state index in [1.165, 1.54) is 0 Å². The minimum Gasteiger partial charge on any atom is -0.490 e. The molecule has 3 heteroatoms. The van der Waals surface area contributed by atoms with E-state index in [-0.39, 0.29) is 0 Å². The minimum absolute atomic E-state index is 0.342. The average Bonchev–Trinajstić information content (AvgIpc) is 2.25. The quantitative estimate of drug-likeness (QED) is 0.412. The number of nitrogens with two attached hydrogens (primary N) is 1. The number of hydrogen-bond acceptors (Lipinski definition) is 3. The normalized spacial score (nSPS) is 13.9. The Kier molecular flexibility index (Phi) is 7.01. The third-order valence-electron chi connectivity index (χ3n) is 1.98. The van der Waals surface area contributed by atoms with E-state index >= 15 is 0 Å². The highest BCUT2D eigenvalue weighted by molar-refractivity contribution is 6.11. The maximum atomic E-state index is 8.03. The maximum absolute atomic E-state index is 8.03. The van der Waals surface area contributed by atoms with Gasteiger partial charge in [-0.1, -0.05) is 25.2 Å². The van der Waals surface area contributed by atoms with Crippen LogP contribution in [0, 0.1) is 5.41 Å². The van der Waals surface area contributed by atoms with Crippen molar-refractivity contribution in [3.63, 3.8) is 0 Å². The van der Waals surface area contributed by atoms with Crippen molar-refractivity contribution >= 4 is 5.71 Å². The smallest absolute Gasteiger partial charge is 0.163 e. The molecule has 16 heavy (non-hydrogen) atoms. The standard InChI is InChI=1S/C13H22N2O/c1-5-8-11(7-3)12(15)13(10(4)14)16-9-6-2/h5,7-8,15H,6,9,14H2,1-4H3/b8-5-,11-7+,13-10+,15-12?. The molecule has 0 aromatic carbocycles.